The third kappa shape index (κ3) is 2.13. The third-order valence-corrected chi connectivity index (χ3v) is 2.51. The first-order chi connectivity index (χ1) is 8.11. The number of nitrogens with zero attached hydrogens (tertiary/aromatic N) is 2. The van der Waals surface area contributed by atoms with Crippen molar-refractivity contribution in [2.75, 3.05) is 0 Å². The summed E-state index contributed by atoms with van der Waals surface area (Å²) < 4.78 is 1.74. The Balaban J connectivity index is 2.42. The number of carboxylic acid groups (broad SMARTS) is 1. The summed E-state index contributed by atoms with van der Waals surface area (Å²) in [6.07, 6.45) is 3.44. The van der Waals surface area contributed by atoms with Crippen LogP contribution in [0.5, 0.6) is 5.75 Å². The predicted molar refractivity (Wildman–Crippen MR) is 62.0 cm³/mol. The summed E-state index contributed by atoms with van der Waals surface area (Å²) in [5.41, 5.74) is 1.41. The smallest absolute Gasteiger partial charge is 0.335 e. The van der Waals surface area contributed by atoms with Gasteiger partial charge < -0.3 is 10.2 Å². The normalized spacial score (nSPS) is 10.4. The van der Waals surface area contributed by atoms with Crippen molar-refractivity contribution in [3.8, 4) is 16.9 Å². The van der Waals surface area contributed by atoms with Crippen molar-refractivity contribution < 1.29 is 15.0 Å². The van der Waals surface area contributed by atoms with Gasteiger partial charge in [-0.15, -0.1) is 0 Å². The summed E-state index contributed by atoms with van der Waals surface area (Å²) in [7, 11) is 0. The molecular weight excluding hydrogens is 220 g/mol. The first kappa shape index (κ1) is 11.2. The van der Waals surface area contributed by atoms with E-state index >= 15 is 0 Å². The molecule has 0 aliphatic rings. The number of aromatic hydroxyl groups is 1. The summed E-state index contributed by atoms with van der Waals surface area (Å²) in [6.45, 7) is 2.71. The van der Waals surface area contributed by atoms with Crippen LogP contribution in [0.25, 0.3) is 11.1 Å². The Morgan fingerprint density at radius 2 is 2.24 bits per heavy atom. The molecule has 0 spiro atoms. The highest BCUT2D eigenvalue weighted by Gasteiger charge is 2.10. The maximum atomic E-state index is 10.7. The maximum absolute atomic E-state index is 10.7. The molecule has 0 bridgehead atoms. The maximum Gasteiger partial charge on any atom is 0.335 e. The van der Waals surface area contributed by atoms with Crippen molar-refractivity contribution in [1.82, 2.24) is 9.78 Å². The van der Waals surface area contributed by atoms with E-state index in [2.05, 4.69) is 5.10 Å². The second kappa shape index (κ2) is 4.29. The van der Waals surface area contributed by atoms with Gasteiger partial charge in [0, 0.05) is 23.9 Å². The predicted octanol–water partition coefficient (Wildman–Crippen LogP) is 1.97. The van der Waals surface area contributed by atoms with Gasteiger partial charge in [0.1, 0.15) is 5.75 Å². The second-order valence-corrected chi connectivity index (χ2v) is 3.62. The van der Waals surface area contributed by atoms with Crippen LogP contribution in [-0.2, 0) is 6.54 Å². The molecule has 17 heavy (non-hydrogen) atoms. The van der Waals surface area contributed by atoms with Crippen LogP contribution in [0.15, 0.2) is 30.6 Å². The van der Waals surface area contributed by atoms with E-state index in [1.54, 1.807) is 23.1 Å². The van der Waals surface area contributed by atoms with Crippen molar-refractivity contribution in [2.24, 2.45) is 0 Å². The van der Waals surface area contributed by atoms with Gasteiger partial charge in [-0.1, -0.05) is 0 Å². The van der Waals surface area contributed by atoms with E-state index in [0.29, 0.717) is 5.56 Å². The average molecular weight is 232 g/mol. The lowest BCUT2D eigenvalue weighted by molar-refractivity contribution is 0.0696. The number of rotatable bonds is 3. The summed E-state index contributed by atoms with van der Waals surface area (Å²) >= 11 is 0. The van der Waals surface area contributed by atoms with E-state index in [9.17, 15) is 9.90 Å². The Morgan fingerprint density at radius 3 is 2.76 bits per heavy atom. The molecule has 0 fully saturated rings. The SMILES string of the molecule is CCn1cc(-c2ccc(C(=O)O)cc2O)cn1. The molecule has 2 aromatic rings. The number of hydrogen-bond acceptors (Lipinski definition) is 3. The van der Waals surface area contributed by atoms with Crippen molar-refractivity contribution in [2.45, 2.75) is 13.5 Å². The molecule has 0 aliphatic heterocycles. The van der Waals surface area contributed by atoms with Crippen molar-refractivity contribution in [3.63, 3.8) is 0 Å². The monoisotopic (exact) mass is 232 g/mol. The third-order valence-electron chi connectivity index (χ3n) is 2.51. The van der Waals surface area contributed by atoms with Crippen molar-refractivity contribution in [3.05, 3.63) is 36.2 Å². The summed E-state index contributed by atoms with van der Waals surface area (Å²) in [5.74, 6) is -1.11. The van der Waals surface area contributed by atoms with E-state index in [1.165, 1.54) is 12.1 Å². The largest absolute Gasteiger partial charge is 0.507 e. The van der Waals surface area contributed by atoms with E-state index in [4.69, 9.17) is 5.11 Å². The minimum absolute atomic E-state index is 0.0550. The van der Waals surface area contributed by atoms with E-state index in [0.717, 1.165) is 12.1 Å². The van der Waals surface area contributed by atoms with Gasteiger partial charge >= 0.3 is 5.97 Å². The molecule has 5 nitrogen and oxygen atoms in total. The topological polar surface area (TPSA) is 75.4 Å². The molecule has 2 rings (SSSR count). The van der Waals surface area contributed by atoms with Crippen LogP contribution in [0.3, 0.4) is 0 Å². The van der Waals surface area contributed by atoms with Gasteiger partial charge in [0.25, 0.3) is 0 Å². The fourth-order valence-corrected chi connectivity index (χ4v) is 1.58. The Hall–Kier alpha value is -2.30. The van der Waals surface area contributed by atoms with Crippen LogP contribution in [0.1, 0.15) is 17.3 Å². The summed E-state index contributed by atoms with van der Waals surface area (Å²) in [5, 5.41) is 22.7. The van der Waals surface area contributed by atoms with Crippen LogP contribution in [0, 0.1) is 0 Å². The molecule has 1 heterocycles. The minimum atomic E-state index is -1.06. The zero-order chi connectivity index (χ0) is 12.4. The highest BCUT2D eigenvalue weighted by atomic mass is 16.4. The number of benzene rings is 1. The number of aryl methyl sites for hydroxylation is 1. The minimum Gasteiger partial charge on any atom is -0.507 e. The number of carboxylic acids is 1. The van der Waals surface area contributed by atoms with Crippen LogP contribution in [-0.4, -0.2) is 26.0 Å². The molecule has 0 aliphatic carbocycles. The lowest BCUT2D eigenvalue weighted by atomic mass is 10.1. The van der Waals surface area contributed by atoms with Gasteiger partial charge in [0.05, 0.1) is 11.8 Å². The number of phenols is 1. The van der Waals surface area contributed by atoms with Gasteiger partial charge in [0.15, 0.2) is 0 Å². The average Bonchev–Trinajstić information content (AvgIpc) is 2.77. The Morgan fingerprint density at radius 1 is 1.47 bits per heavy atom. The molecular formula is C12H12N2O3. The molecule has 1 aromatic heterocycles. The van der Waals surface area contributed by atoms with Crippen LogP contribution in [0.4, 0.5) is 0 Å². The zero-order valence-electron chi connectivity index (χ0n) is 9.29. The number of aromatic nitrogens is 2. The molecule has 1 aromatic carbocycles. The van der Waals surface area contributed by atoms with Gasteiger partial charge in [0.2, 0.25) is 0 Å². The molecule has 0 amide bonds. The standard InChI is InChI=1S/C12H12N2O3/c1-2-14-7-9(6-13-14)10-4-3-8(12(16)17)5-11(10)15/h3-7,15H,2H2,1H3,(H,16,17). The number of aromatic carboxylic acids is 1. The quantitative estimate of drug-likeness (QED) is 0.848. The van der Waals surface area contributed by atoms with Gasteiger partial charge in [-0.2, -0.15) is 5.10 Å². The lowest BCUT2D eigenvalue weighted by Crippen LogP contribution is -1.95. The fraction of sp³-hybridized carbons (Fsp3) is 0.167. The lowest BCUT2D eigenvalue weighted by Gasteiger charge is -2.02. The van der Waals surface area contributed by atoms with Gasteiger partial charge in [-0.25, -0.2) is 4.79 Å². The highest BCUT2D eigenvalue weighted by molar-refractivity contribution is 5.89. The molecule has 0 unspecified atom stereocenters. The Labute approximate surface area is 97.9 Å². The molecule has 0 saturated carbocycles. The number of hydrogen-bond donors (Lipinski definition) is 2. The highest BCUT2D eigenvalue weighted by Crippen LogP contribution is 2.29. The summed E-state index contributed by atoms with van der Waals surface area (Å²) in [4.78, 5) is 10.7. The molecule has 2 N–H and O–H groups in total. The van der Waals surface area contributed by atoms with E-state index in [-0.39, 0.29) is 11.3 Å². The fourth-order valence-electron chi connectivity index (χ4n) is 1.58. The van der Waals surface area contributed by atoms with E-state index < -0.39 is 5.97 Å². The van der Waals surface area contributed by atoms with E-state index in [1.807, 2.05) is 6.92 Å². The Kier molecular flexibility index (Phi) is 2.82. The van der Waals surface area contributed by atoms with Crippen LogP contribution >= 0.6 is 0 Å². The Bertz CT molecular complexity index is 561. The van der Waals surface area contributed by atoms with Crippen LogP contribution in [0.2, 0.25) is 0 Å². The summed E-state index contributed by atoms with van der Waals surface area (Å²) in [6, 6.07) is 4.28. The van der Waals surface area contributed by atoms with Crippen molar-refractivity contribution in [1.29, 1.82) is 0 Å². The molecule has 0 saturated heterocycles. The first-order valence-electron chi connectivity index (χ1n) is 5.21. The second-order valence-electron chi connectivity index (χ2n) is 3.62. The first-order valence-corrected chi connectivity index (χ1v) is 5.21. The number of phenolic OH excluding ortho intramolecular Hbond substituents is 1. The molecule has 0 atom stereocenters. The van der Waals surface area contributed by atoms with Crippen molar-refractivity contribution >= 4 is 5.97 Å². The molecule has 5 heteroatoms. The zero-order valence-corrected chi connectivity index (χ0v) is 9.29. The van der Waals surface area contributed by atoms with Gasteiger partial charge in [-0.3, -0.25) is 4.68 Å². The van der Waals surface area contributed by atoms with Gasteiger partial charge in [-0.05, 0) is 25.1 Å². The number of carbonyl (C=O) groups is 1. The molecule has 88 valence electrons. The molecule has 0 radical (unpaired) electrons. The van der Waals surface area contributed by atoms with Crippen LogP contribution < -0.4 is 0 Å².